The van der Waals surface area contributed by atoms with Crippen LogP contribution < -0.4 is 10.6 Å². The maximum atomic E-state index is 11.9. The lowest BCUT2D eigenvalue weighted by atomic mass is 10.2. The molecule has 8 heteroatoms. The van der Waals surface area contributed by atoms with Crippen molar-refractivity contribution < 1.29 is 23.8 Å². The van der Waals surface area contributed by atoms with Crippen molar-refractivity contribution in [2.75, 3.05) is 13.1 Å². The molecule has 1 unspecified atom stereocenters. The van der Waals surface area contributed by atoms with Gasteiger partial charge in [0.2, 0.25) is 0 Å². The zero-order valence-electron chi connectivity index (χ0n) is 13.5. The molecule has 0 bridgehead atoms. The molecule has 8 nitrogen and oxygen atoms in total. The Morgan fingerprint density at radius 2 is 1.86 bits per heavy atom. The number of oxazole rings is 1. The second kappa shape index (κ2) is 7.26. The number of carbonyl (C=O) groups excluding carboxylic acids is 2. The highest BCUT2D eigenvalue weighted by Gasteiger charge is 2.18. The summed E-state index contributed by atoms with van der Waals surface area (Å²) < 4.78 is 10.2. The van der Waals surface area contributed by atoms with Crippen molar-refractivity contribution in [3.63, 3.8) is 0 Å². The normalized spacial score (nSPS) is 12.6. The maximum Gasteiger partial charge on any atom is 0.407 e. The lowest BCUT2D eigenvalue weighted by Gasteiger charge is -2.20. The number of nitrogens with one attached hydrogen (secondary N) is 2. The van der Waals surface area contributed by atoms with Crippen LogP contribution in [0.25, 0.3) is 0 Å². The standard InChI is InChI=1S/C14H23N3O5/c1-8-11(17-9(2)21-8)12(19)15-6-10(18)7-16-13(20)22-14(3,4)5/h10,18H,6-7H2,1-5H3,(H,15,19)(H,16,20). The van der Waals surface area contributed by atoms with Gasteiger partial charge >= 0.3 is 6.09 Å². The molecule has 0 radical (unpaired) electrons. The van der Waals surface area contributed by atoms with Crippen LogP contribution in [-0.2, 0) is 4.74 Å². The van der Waals surface area contributed by atoms with E-state index in [2.05, 4.69) is 15.6 Å². The van der Waals surface area contributed by atoms with Crippen LogP contribution in [-0.4, -0.2) is 46.9 Å². The van der Waals surface area contributed by atoms with Gasteiger partial charge < -0.3 is 24.9 Å². The highest BCUT2D eigenvalue weighted by Crippen LogP contribution is 2.08. The number of hydrogen-bond donors (Lipinski definition) is 3. The van der Waals surface area contributed by atoms with Crippen molar-refractivity contribution in [2.45, 2.75) is 46.3 Å². The van der Waals surface area contributed by atoms with Gasteiger partial charge in [-0.2, -0.15) is 0 Å². The number of carbonyl (C=O) groups is 2. The summed E-state index contributed by atoms with van der Waals surface area (Å²) in [5, 5.41) is 14.7. The van der Waals surface area contributed by atoms with Crippen LogP contribution in [0.2, 0.25) is 0 Å². The van der Waals surface area contributed by atoms with Crippen molar-refractivity contribution in [1.29, 1.82) is 0 Å². The van der Waals surface area contributed by atoms with Gasteiger partial charge in [-0.15, -0.1) is 0 Å². The minimum atomic E-state index is -0.940. The van der Waals surface area contributed by atoms with Crippen molar-refractivity contribution in [3.05, 3.63) is 17.3 Å². The number of alkyl carbamates (subject to hydrolysis) is 1. The largest absolute Gasteiger partial charge is 0.445 e. The molecule has 1 aromatic rings. The van der Waals surface area contributed by atoms with Gasteiger partial charge in [0.1, 0.15) is 11.4 Å². The number of aryl methyl sites for hydroxylation is 2. The van der Waals surface area contributed by atoms with Crippen molar-refractivity contribution in [2.24, 2.45) is 0 Å². The molecule has 3 N–H and O–H groups in total. The van der Waals surface area contributed by atoms with Crippen molar-refractivity contribution >= 4 is 12.0 Å². The summed E-state index contributed by atoms with van der Waals surface area (Å²) in [6.07, 6.45) is -1.56. The minimum absolute atomic E-state index is 0.0278. The summed E-state index contributed by atoms with van der Waals surface area (Å²) in [5.41, 5.74) is -0.421. The average Bonchev–Trinajstić information content (AvgIpc) is 2.70. The molecule has 1 rings (SSSR count). The SMILES string of the molecule is Cc1nc(C(=O)NCC(O)CNC(=O)OC(C)(C)C)c(C)o1. The third-order valence-electron chi connectivity index (χ3n) is 2.50. The summed E-state index contributed by atoms with van der Waals surface area (Å²) in [6.45, 7) is 8.44. The number of hydrogen-bond acceptors (Lipinski definition) is 6. The summed E-state index contributed by atoms with van der Waals surface area (Å²) >= 11 is 0. The average molecular weight is 313 g/mol. The fourth-order valence-electron chi connectivity index (χ4n) is 1.62. The van der Waals surface area contributed by atoms with Gasteiger partial charge in [0, 0.05) is 20.0 Å². The minimum Gasteiger partial charge on any atom is -0.445 e. The van der Waals surface area contributed by atoms with Crippen LogP contribution in [0, 0.1) is 13.8 Å². The fraction of sp³-hybridized carbons (Fsp3) is 0.643. The molecule has 0 aliphatic carbocycles. The van der Waals surface area contributed by atoms with Crippen LogP contribution in [0.15, 0.2) is 4.42 Å². The Kier molecular flexibility index (Phi) is 5.92. The second-order valence-electron chi connectivity index (χ2n) is 5.88. The molecule has 0 aliphatic rings. The van der Waals surface area contributed by atoms with Crippen LogP contribution in [0.4, 0.5) is 4.79 Å². The number of aromatic nitrogens is 1. The molecule has 0 fully saturated rings. The maximum absolute atomic E-state index is 11.9. The molecule has 124 valence electrons. The monoisotopic (exact) mass is 313 g/mol. The topological polar surface area (TPSA) is 114 Å². The molecule has 1 heterocycles. The third-order valence-corrected chi connectivity index (χ3v) is 2.50. The summed E-state index contributed by atoms with van der Waals surface area (Å²) in [7, 11) is 0. The second-order valence-corrected chi connectivity index (χ2v) is 5.88. The molecule has 1 aromatic heterocycles. The van der Waals surface area contributed by atoms with Gasteiger partial charge in [-0.1, -0.05) is 0 Å². The molecule has 0 spiro atoms. The van der Waals surface area contributed by atoms with Gasteiger partial charge in [-0.3, -0.25) is 4.79 Å². The molecular formula is C14H23N3O5. The quantitative estimate of drug-likeness (QED) is 0.744. The molecule has 0 saturated carbocycles. The van der Waals surface area contributed by atoms with Gasteiger partial charge in [0.15, 0.2) is 11.6 Å². The Balaban J connectivity index is 2.34. The third kappa shape index (κ3) is 6.13. The smallest absolute Gasteiger partial charge is 0.407 e. The molecule has 0 saturated heterocycles. The molecule has 1 atom stereocenters. The van der Waals surface area contributed by atoms with E-state index in [0.717, 1.165) is 0 Å². The first kappa shape index (κ1) is 18.0. The van der Waals surface area contributed by atoms with Crippen LogP contribution >= 0.6 is 0 Å². The summed E-state index contributed by atoms with van der Waals surface area (Å²) in [4.78, 5) is 27.2. The van der Waals surface area contributed by atoms with Crippen molar-refractivity contribution in [3.8, 4) is 0 Å². The first-order valence-corrected chi connectivity index (χ1v) is 6.95. The lowest BCUT2D eigenvalue weighted by Crippen LogP contribution is -2.41. The fourth-order valence-corrected chi connectivity index (χ4v) is 1.62. The predicted molar refractivity (Wildman–Crippen MR) is 78.6 cm³/mol. The Morgan fingerprint density at radius 3 is 2.36 bits per heavy atom. The Hall–Kier alpha value is -2.09. The van der Waals surface area contributed by atoms with E-state index < -0.39 is 23.7 Å². The zero-order chi connectivity index (χ0) is 16.9. The van der Waals surface area contributed by atoms with E-state index in [0.29, 0.717) is 11.7 Å². The number of amides is 2. The highest BCUT2D eigenvalue weighted by atomic mass is 16.6. The molecule has 22 heavy (non-hydrogen) atoms. The number of rotatable bonds is 5. The Labute approximate surface area is 129 Å². The van der Waals surface area contributed by atoms with Crippen LogP contribution in [0.1, 0.15) is 42.9 Å². The summed E-state index contributed by atoms with van der Waals surface area (Å²) in [5.74, 6) is 0.372. The van der Waals surface area contributed by atoms with Gasteiger partial charge in [0.05, 0.1) is 6.10 Å². The number of aliphatic hydroxyl groups excluding tert-OH is 1. The predicted octanol–water partition coefficient (Wildman–Crippen LogP) is 0.907. The highest BCUT2D eigenvalue weighted by molar-refractivity contribution is 5.93. The number of nitrogens with zero attached hydrogens (tertiary/aromatic N) is 1. The first-order chi connectivity index (χ1) is 10.1. The molecule has 2 amide bonds. The van der Waals surface area contributed by atoms with E-state index in [9.17, 15) is 14.7 Å². The van der Waals surface area contributed by atoms with Gasteiger partial charge in [-0.05, 0) is 27.7 Å². The van der Waals surface area contributed by atoms with E-state index in [-0.39, 0.29) is 18.8 Å². The molecule has 0 aliphatic heterocycles. The lowest BCUT2D eigenvalue weighted by molar-refractivity contribution is 0.0492. The van der Waals surface area contributed by atoms with E-state index in [1.54, 1.807) is 34.6 Å². The Morgan fingerprint density at radius 1 is 1.27 bits per heavy atom. The van der Waals surface area contributed by atoms with E-state index in [1.165, 1.54) is 0 Å². The van der Waals surface area contributed by atoms with E-state index in [4.69, 9.17) is 9.15 Å². The van der Waals surface area contributed by atoms with Crippen molar-refractivity contribution in [1.82, 2.24) is 15.6 Å². The first-order valence-electron chi connectivity index (χ1n) is 6.95. The number of aliphatic hydroxyl groups is 1. The van der Waals surface area contributed by atoms with Gasteiger partial charge in [-0.25, -0.2) is 9.78 Å². The zero-order valence-corrected chi connectivity index (χ0v) is 13.5. The van der Waals surface area contributed by atoms with Gasteiger partial charge in [0.25, 0.3) is 5.91 Å². The Bertz CT molecular complexity index is 533. The van der Waals surface area contributed by atoms with Crippen LogP contribution in [0.3, 0.4) is 0 Å². The summed E-state index contributed by atoms with van der Waals surface area (Å²) in [6, 6.07) is 0. The van der Waals surface area contributed by atoms with E-state index >= 15 is 0 Å². The molecule has 0 aromatic carbocycles. The number of ether oxygens (including phenoxy) is 1. The van der Waals surface area contributed by atoms with E-state index in [1.807, 2.05) is 0 Å². The molecular weight excluding hydrogens is 290 g/mol. The van der Waals surface area contributed by atoms with Crippen LogP contribution in [0.5, 0.6) is 0 Å².